The van der Waals surface area contributed by atoms with E-state index in [0.29, 0.717) is 17.1 Å². The Labute approximate surface area is 168 Å². The van der Waals surface area contributed by atoms with E-state index in [-0.39, 0.29) is 24.7 Å². The Morgan fingerprint density at radius 3 is 2.03 bits per heavy atom. The number of nitrogens with one attached hydrogen (secondary N) is 3. The van der Waals surface area contributed by atoms with Crippen molar-refractivity contribution in [3.05, 3.63) is 54.1 Å². The van der Waals surface area contributed by atoms with Crippen LogP contribution in [0.25, 0.3) is 0 Å². The second-order valence-electron chi connectivity index (χ2n) is 6.39. The van der Waals surface area contributed by atoms with Crippen LogP contribution < -0.4 is 16.0 Å². The van der Waals surface area contributed by atoms with Crippen LogP contribution in [0.3, 0.4) is 0 Å². The maximum atomic E-state index is 11.9. The summed E-state index contributed by atoms with van der Waals surface area (Å²) in [5.41, 5.74) is 2.77. The molecule has 0 heterocycles. The van der Waals surface area contributed by atoms with Crippen molar-refractivity contribution in [3.8, 4) is 0 Å². The highest BCUT2D eigenvalue weighted by molar-refractivity contribution is 5.95. The molecule has 0 fully saturated rings. The van der Waals surface area contributed by atoms with Crippen molar-refractivity contribution in [1.82, 2.24) is 0 Å². The molecule has 0 aliphatic heterocycles. The zero-order chi connectivity index (χ0) is 21.2. The predicted octanol–water partition coefficient (Wildman–Crippen LogP) is 2.85. The molecule has 0 spiro atoms. The average Bonchev–Trinajstić information content (AvgIpc) is 2.66. The van der Waals surface area contributed by atoms with Crippen molar-refractivity contribution in [2.75, 3.05) is 22.6 Å². The molecular formula is C21H23N3O5. The Hall–Kier alpha value is -3.68. The number of anilines is 3. The zero-order valence-corrected chi connectivity index (χ0v) is 16.3. The smallest absolute Gasteiger partial charge is 0.306 e. The number of hydrogen-bond acceptors (Lipinski definition) is 5. The lowest BCUT2D eigenvalue weighted by Crippen LogP contribution is -2.21. The number of hydrogen-bond donors (Lipinski definition) is 3. The topological polar surface area (TPSA) is 114 Å². The molecule has 2 aromatic rings. The Morgan fingerprint density at radius 2 is 1.41 bits per heavy atom. The molecule has 0 atom stereocenters. The lowest BCUT2D eigenvalue weighted by atomic mass is 10.2. The first kappa shape index (κ1) is 21.6. The number of rotatable bonds is 8. The van der Waals surface area contributed by atoms with Gasteiger partial charge in [-0.15, -0.1) is 0 Å². The molecule has 0 aromatic heterocycles. The van der Waals surface area contributed by atoms with E-state index in [1.165, 1.54) is 6.92 Å². The highest BCUT2D eigenvalue weighted by Crippen LogP contribution is 2.13. The lowest BCUT2D eigenvalue weighted by Gasteiger charge is -2.08. The summed E-state index contributed by atoms with van der Waals surface area (Å²) in [6, 6.07) is 13.8. The van der Waals surface area contributed by atoms with Crippen LogP contribution in [-0.2, 0) is 23.9 Å². The van der Waals surface area contributed by atoms with Crippen LogP contribution >= 0.6 is 0 Å². The van der Waals surface area contributed by atoms with Gasteiger partial charge in [0.05, 0.1) is 6.42 Å². The van der Waals surface area contributed by atoms with Crippen molar-refractivity contribution >= 4 is 40.8 Å². The Bertz CT molecular complexity index is 893. The van der Waals surface area contributed by atoms with E-state index in [4.69, 9.17) is 4.74 Å². The van der Waals surface area contributed by atoms with E-state index in [9.17, 15) is 19.2 Å². The maximum absolute atomic E-state index is 11.9. The quantitative estimate of drug-likeness (QED) is 0.593. The number of benzene rings is 2. The molecule has 0 unspecified atom stereocenters. The van der Waals surface area contributed by atoms with Crippen molar-refractivity contribution < 1.29 is 23.9 Å². The number of aryl methyl sites for hydroxylation is 1. The number of ether oxygens (including phenoxy) is 1. The number of amides is 3. The first-order chi connectivity index (χ1) is 13.8. The van der Waals surface area contributed by atoms with Crippen LogP contribution in [0.4, 0.5) is 17.1 Å². The first-order valence-electron chi connectivity index (χ1n) is 9.01. The highest BCUT2D eigenvalue weighted by atomic mass is 16.5. The molecule has 2 rings (SSSR count). The van der Waals surface area contributed by atoms with Crippen LogP contribution in [0.1, 0.15) is 25.3 Å². The van der Waals surface area contributed by atoms with E-state index in [2.05, 4.69) is 16.0 Å². The van der Waals surface area contributed by atoms with Gasteiger partial charge in [0.25, 0.3) is 5.91 Å². The molecule has 152 valence electrons. The summed E-state index contributed by atoms with van der Waals surface area (Å²) in [4.78, 5) is 46.4. The van der Waals surface area contributed by atoms with Gasteiger partial charge in [-0.2, -0.15) is 0 Å². The Kier molecular flexibility index (Phi) is 7.90. The van der Waals surface area contributed by atoms with Gasteiger partial charge in [0, 0.05) is 30.4 Å². The van der Waals surface area contributed by atoms with Crippen molar-refractivity contribution in [3.63, 3.8) is 0 Å². The Morgan fingerprint density at radius 1 is 0.793 bits per heavy atom. The molecule has 0 aliphatic rings. The first-order valence-corrected chi connectivity index (χ1v) is 9.01. The number of carbonyl (C=O) groups is 4. The monoisotopic (exact) mass is 397 g/mol. The number of esters is 1. The van der Waals surface area contributed by atoms with Gasteiger partial charge < -0.3 is 20.7 Å². The molecule has 0 radical (unpaired) electrons. The summed E-state index contributed by atoms with van der Waals surface area (Å²) >= 11 is 0. The van der Waals surface area contributed by atoms with Crippen molar-refractivity contribution in [2.45, 2.75) is 26.7 Å². The highest BCUT2D eigenvalue weighted by Gasteiger charge is 2.11. The summed E-state index contributed by atoms with van der Waals surface area (Å²) in [5.74, 6) is -1.65. The van der Waals surface area contributed by atoms with Crippen LogP contribution in [0.5, 0.6) is 0 Å². The van der Waals surface area contributed by atoms with E-state index < -0.39 is 18.5 Å². The molecule has 3 N–H and O–H groups in total. The zero-order valence-electron chi connectivity index (χ0n) is 16.3. The van der Waals surface area contributed by atoms with Gasteiger partial charge in [0.2, 0.25) is 11.8 Å². The molecule has 0 aliphatic carbocycles. The third kappa shape index (κ3) is 8.25. The summed E-state index contributed by atoms with van der Waals surface area (Å²) in [6.45, 7) is 2.86. The molecule has 8 nitrogen and oxygen atoms in total. The van der Waals surface area contributed by atoms with Gasteiger partial charge in [0.15, 0.2) is 6.61 Å². The van der Waals surface area contributed by atoms with Gasteiger partial charge in [-0.05, 0) is 48.9 Å². The van der Waals surface area contributed by atoms with Crippen LogP contribution in [0.2, 0.25) is 0 Å². The molecular weight excluding hydrogens is 374 g/mol. The van der Waals surface area contributed by atoms with Gasteiger partial charge in [0.1, 0.15) is 0 Å². The van der Waals surface area contributed by atoms with Crippen molar-refractivity contribution in [2.24, 2.45) is 0 Å². The standard InChI is InChI=1S/C21H23N3O5/c1-14-4-3-5-18(12-14)24-19(26)10-11-21(28)29-13-20(27)23-17-8-6-16(7-9-17)22-15(2)25/h3-9,12H,10-11,13H2,1-2H3,(H,22,25)(H,23,27)(H,24,26). The minimum absolute atomic E-state index is 0.0427. The van der Waals surface area contributed by atoms with Crippen molar-refractivity contribution in [1.29, 1.82) is 0 Å². The molecule has 8 heteroatoms. The predicted molar refractivity (Wildman–Crippen MR) is 109 cm³/mol. The molecule has 2 aromatic carbocycles. The Balaban J connectivity index is 1.68. The van der Waals surface area contributed by atoms with Gasteiger partial charge in [-0.25, -0.2) is 0 Å². The lowest BCUT2D eigenvalue weighted by molar-refractivity contribution is -0.147. The summed E-state index contributed by atoms with van der Waals surface area (Å²) < 4.78 is 4.88. The molecule has 0 saturated carbocycles. The van der Waals surface area contributed by atoms with E-state index in [1.807, 2.05) is 25.1 Å². The van der Waals surface area contributed by atoms with Crippen LogP contribution in [0.15, 0.2) is 48.5 Å². The fourth-order valence-corrected chi connectivity index (χ4v) is 2.42. The minimum Gasteiger partial charge on any atom is -0.456 e. The van der Waals surface area contributed by atoms with E-state index in [1.54, 1.807) is 30.3 Å². The normalized spacial score (nSPS) is 10.0. The molecule has 3 amide bonds. The van der Waals surface area contributed by atoms with Gasteiger partial charge in [-0.3, -0.25) is 19.2 Å². The maximum Gasteiger partial charge on any atom is 0.306 e. The third-order valence-corrected chi connectivity index (χ3v) is 3.71. The molecule has 0 saturated heterocycles. The number of carbonyl (C=O) groups excluding carboxylic acids is 4. The second kappa shape index (κ2) is 10.6. The van der Waals surface area contributed by atoms with E-state index in [0.717, 1.165) is 5.56 Å². The second-order valence-corrected chi connectivity index (χ2v) is 6.39. The SMILES string of the molecule is CC(=O)Nc1ccc(NC(=O)COC(=O)CCC(=O)Nc2cccc(C)c2)cc1. The summed E-state index contributed by atoms with van der Waals surface area (Å²) in [7, 11) is 0. The van der Waals surface area contributed by atoms with E-state index >= 15 is 0 Å². The van der Waals surface area contributed by atoms with Crippen LogP contribution in [0, 0.1) is 6.92 Å². The largest absolute Gasteiger partial charge is 0.456 e. The fraction of sp³-hybridized carbons (Fsp3) is 0.238. The fourth-order valence-electron chi connectivity index (χ4n) is 2.42. The summed E-state index contributed by atoms with van der Waals surface area (Å²) in [6.07, 6.45) is -0.171. The van der Waals surface area contributed by atoms with Gasteiger partial charge >= 0.3 is 5.97 Å². The van der Waals surface area contributed by atoms with Crippen LogP contribution in [-0.4, -0.2) is 30.3 Å². The molecule has 0 bridgehead atoms. The molecule has 29 heavy (non-hydrogen) atoms. The third-order valence-electron chi connectivity index (χ3n) is 3.71. The summed E-state index contributed by atoms with van der Waals surface area (Å²) in [5, 5.41) is 7.88. The van der Waals surface area contributed by atoms with Gasteiger partial charge in [-0.1, -0.05) is 12.1 Å². The minimum atomic E-state index is -0.638. The average molecular weight is 397 g/mol.